The predicted molar refractivity (Wildman–Crippen MR) is 104 cm³/mol. The molecule has 2 aromatic rings. The van der Waals surface area contributed by atoms with Crippen LogP contribution in [-0.2, 0) is 14.3 Å². The second kappa shape index (κ2) is 8.46. The lowest BCUT2D eigenvalue weighted by Crippen LogP contribution is -2.51. The van der Waals surface area contributed by atoms with E-state index in [2.05, 4.69) is 0 Å². The van der Waals surface area contributed by atoms with Gasteiger partial charge in [0.15, 0.2) is 6.61 Å². The summed E-state index contributed by atoms with van der Waals surface area (Å²) in [5, 5.41) is 0. The zero-order chi connectivity index (χ0) is 21.1. The Morgan fingerprint density at radius 3 is 2.17 bits per heavy atom. The van der Waals surface area contributed by atoms with Gasteiger partial charge in [-0.2, -0.15) is 0 Å². The summed E-state index contributed by atoms with van der Waals surface area (Å²) in [5.41, 5.74) is 2.55. The van der Waals surface area contributed by atoms with Crippen LogP contribution in [0.1, 0.15) is 28.7 Å². The number of aromatic nitrogens is 1. The zero-order valence-electron chi connectivity index (χ0n) is 16.8. The Bertz CT molecular complexity index is 928. The molecule has 8 heteroatoms. The van der Waals surface area contributed by atoms with E-state index in [0.717, 1.165) is 11.4 Å². The highest BCUT2D eigenvalue weighted by atomic mass is 19.1. The second-order valence-corrected chi connectivity index (χ2v) is 7.06. The van der Waals surface area contributed by atoms with Crippen LogP contribution in [0, 0.1) is 19.7 Å². The summed E-state index contributed by atoms with van der Waals surface area (Å²) in [7, 11) is 0. The van der Waals surface area contributed by atoms with Crippen molar-refractivity contribution in [2.24, 2.45) is 0 Å². The monoisotopic (exact) mass is 401 g/mol. The lowest BCUT2D eigenvalue weighted by Gasteiger charge is -2.34. The van der Waals surface area contributed by atoms with Gasteiger partial charge in [-0.3, -0.25) is 9.59 Å². The number of esters is 1. The maximum Gasteiger partial charge on any atom is 0.340 e. The number of halogens is 1. The molecule has 154 valence electrons. The van der Waals surface area contributed by atoms with E-state index in [9.17, 15) is 18.8 Å². The van der Waals surface area contributed by atoms with Crippen molar-refractivity contribution < 1.29 is 23.5 Å². The van der Waals surface area contributed by atoms with Crippen LogP contribution in [0.25, 0.3) is 5.69 Å². The molecule has 0 unspecified atom stereocenters. The first-order chi connectivity index (χ1) is 13.8. The van der Waals surface area contributed by atoms with Crippen molar-refractivity contribution in [2.75, 3.05) is 32.8 Å². The van der Waals surface area contributed by atoms with Gasteiger partial charge in [-0.25, -0.2) is 9.18 Å². The van der Waals surface area contributed by atoms with Gasteiger partial charge in [0, 0.05) is 50.2 Å². The Morgan fingerprint density at radius 2 is 1.59 bits per heavy atom. The highest BCUT2D eigenvalue weighted by Crippen LogP contribution is 2.22. The summed E-state index contributed by atoms with van der Waals surface area (Å²) in [6, 6.07) is 7.67. The molecule has 2 amide bonds. The second-order valence-electron chi connectivity index (χ2n) is 7.06. The average molecular weight is 401 g/mol. The normalized spacial score (nSPS) is 14.1. The van der Waals surface area contributed by atoms with Crippen LogP contribution < -0.4 is 0 Å². The van der Waals surface area contributed by atoms with Gasteiger partial charge in [0.25, 0.3) is 5.91 Å². The van der Waals surface area contributed by atoms with E-state index >= 15 is 0 Å². The van der Waals surface area contributed by atoms with E-state index in [1.54, 1.807) is 34.9 Å². The molecule has 2 heterocycles. The van der Waals surface area contributed by atoms with Crippen LogP contribution in [0.4, 0.5) is 4.39 Å². The molecule has 0 bridgehead atoms. The molecule has 1 aromatic heterocycles. The number of benzene rings is 1. The smallest absolute Gasteiger partial charge is 0.340 e. The number of carbonyl (C=O) groups excluding carboxylic acids is 3. The third-order valence-electron chi connectivity index (χ3n) is 5.14. The van der Waals surface area contributed by atoms with Crippen molar-refractivity contribution in [3.8, 4) is 5.69 Å². The van der Waals surface area contributed by atoms with Crippen LogP contribution in [-0.4, -0.2) is 64.9 Å². The SMILES string of the molecule is CC(=O)N1CCN(C(=O)COC(=O)c2cc(C)n(-c3ccc(F)cc3)c2C)CC1. The van der Waals surface area contributed by atoms with Crippen molar-refractivity contribution in [2.45, 2.75) is 20.8 Å². The Kier molecular flexibility index (Phi) is 6.00. The van der Waals surface area contributed by atoms with Gasteiger partial charge in [0.1, 0.15) is 5.82 Å². The number of piperazine rings is 1. The number of carbonyl (C=O) groups is 3. The highest BCUT2D eigenvalue weighted by molar-refractivity contribution is 5.93. The van der Waals surface area contributed by atoms with Gasteiger partial charge in [-0.15, -0.1) is 0 Å². The van der Waals surface area contributed by atoms with E-state index < -0.39 is 5.97 Å². The van der Waals surface area contributed by atoms with Crippen molar-refractivity contribution >= 4 is 17.8 Å². The van der Waals surface area contributed by atoms with Crippen LogP contribution in [0.2, 0.25) is 0 Å². The fraction of sp³-hybridized carbons (Fsp3) is 0.381. The molecule has 1 aliphatic heterocycles. The Labute approximate surface area is 168 Å². The zero-order valence-corrected chi connectivity index (χ0v) is 16.8. The third-order valence-corrected chi connectivity index (χ3v) is 5.14. The lowest BCUT2D eigenvalue weighted by molar-refractivity contribution is -0.140. The first kappa shape index (κ1) is 20.6. The number of ether oxygens (including phenoxy) is 1. The Balaban J connectivity index is 1.63. The number of hydrogen-bond acceptors (Lipinski definition) is 4. The summed E-state index contributed by atoms with van der Waals surface area (Å²) in [4.78, 5) is 39.5. The van der Waals surface area contributed by atoms with Crippen LogP contribution in [0.15, 0.2) is 30.3 Å². The molecule has 3 rings (SSSR count). The van der Waals surface area contributed by atoms with Crippen molar-refractivity contribution in [3.63, 3.8) is 0 Å². The molecule has 1 saturated heterocycles. The third kappa shape index (κ3) is 4.47. The van der Waals surface area contributed by atoms with Crippen molar-refractivity contribution in [1.29, 1.82) is 0 Å². The minimum absolute atomic E-state index is 0.0139. The largest absolute Gasteiger partial charge is 0.452 e. The van der Waals surface area contributed by atoms with E-state index in [-0.39, 0.29) is 24.2 Å². The fourth-order valence-electron chi connectivity index (χ4n) is 3.52. The van der Waals surface area contributed by atoms with E-state index in [4.69, 9.17) is 4.74 Å². The number of amides is 2. The van der Waals surface area contributed by atoms with Crippen LogP contribution >= 0.6 is 0 Å². The molecule has 0 spiro atoms. The summed E-state index contributed by atoms with van der Waals surface area (Å²) in [6.45, 7) is 6.58. The molecule has 29 heavy (non-hydrogen) atoms. The number of hydrogen-bond donors (Lipinski definition) is 0. The van der Waals surface area contributed by atoms with Gasteiger partial charge in [0.2, 0.25) is 5.91 Å². The standard InChI is InChI=1S/C21H24FN3O4/c1-14-12-19(15(2)25(14)18-6-4-17(22)5-7-18)21(28)29-13-20(27)24-10-8-23(9-11-24)16(3)26/h4-7,12H,8-11,13H2,1-3H3. The van der Waals surface area contributed by atoms with Gasteiger partial charge in [0.05, 0.1) is 5.56 Å². The molecule has 0 saturated carbocycles. The molecule has 7 nitrogen and oxygen atoms in total. The van der Waals surface area contributed by atoms with E-state index in [1.807, 2.05) is 11.5 Å². The van der Waals surface area contributed by atoms with Crippen LogP contribution in [0.5, 0.6) is 0 Å². The van der Waals surface area contributed by atoms with Gasteiger partial charge in [-0.05, 0) is 44.2 Å². The first-order valence-electron chi connectivity index (χ1n) is 9.43. The summed E-state index contributed by atoms with van der Waals surface area (Å²) >= 11 is 0. The van der Waals surface area contributed by atoms with E-state index in [1.165, 1.54) is 19.1 Å². The number of rotatable bonds is 4. The predicted octanol–water partition coefficient (Wildman–Crippen LogP) is 2.08. The minimum atomic E-state index is -0.581. The van der Waals surface area contributed by atoms with E-state index in [0.29, 0.717) is 37.4 Å². The van der Waals surface area contributed by atoms with Crippen molar-refractivity contribution in [1.82, 2.24) is 14.4 Å². The van der Waals surface area contributed by atoms with Gasteiger partial charge < -0.3 is 19.1 Å². The fourth-order valence-corrected chi connectivity index (χ4v) is 3.52. The summed E-state index contributed by atoms with van der Waals surface area (Å²) in [6.07, 6.45) is 0. The topological polar surface area (TPSA) is 71.9 Å². The molecule has 0 aliphatic carbocycles. The Morgan fingerprint density at radius 1 is 1.00 bits per heavy atom. The molecular weight excluding hydrogens is 377 g/mol. The molecule has 0 radical (unpaired) electrons. The Hall–Kier alpha value is -3.16. The van der Waals surface area contributed by atoms with Gasteiger partial charge in [-0.1, -0.05) is 0 Å². The summed E-state index contributed by atoms with van der Waals surface area (Å²) in [5.74, 6) is -1.21. The van der Waals surface area contributed by atoms with Gasteiger partial charge >= 0.3 is 5.97 Å². The molecule has 1 fully saturated rings. The maximum absolute atomic E-state index is 13.2. The molecule has 1 aliphatic rings. The highest BCUT2D eigenvalue weighted by Gasteiger charge is 2.24. The van der Waals surface area contributed by atoms with Crippen LogP contribution in [0.3, 0.4) is 0 Å². The molecular formula is C21H24FN3O4. The average Bonchev–Trinajstić information content (AvgIpc) is 3.01. The molecule has 0 N–H and O–H groups in total. The first-order valence-corrected chi connectivity index (χ1v) is 9.43. The van der Waals surface area contributed by atoms with Crippen molar-refractivity contribution in [3.05, 3.63) is 53.1 Å². The maximum atomic E-state index is 13.2. The quantitative estimate of drug-likeness (QED) is 0.736. The summed E-state index contributed by atoms with van der Waals surface area (Å²) < 4.78 is 20.3. The molecule has 1 aromatic carbocycles. The number of nitrogens with zero attached hydrogens (tertiary/aromatic N) is 3. The molecule has 0 atom stereocenters. The minimum Gasteiger partial charge on any atom is -0.452 e. The lowest BCUT2D eigenvalue weighted by atomic mass is 10.2. The number of aryl methyl sites for hydroxylation is 1.